The van der Waals surface area contributed by atoms with Crippen LogP contribution in [0.3, 0.4) is 0 Å². The molecule has 0 atom stereocenters. The molecule has 2 heterocycles. The van der Waals surface area contributed by atoms with Gasteiger partial charge < -0.3 is 4.57 Å². The summed E-state index contributed by atoms with van der Waals surface area (Å²) in [5.41, 5.74) is 4.51. The zero-order valence-electron chi connectivity index (χ0n) is 10.4. The SMILES string of the molecule is Cn1c2ccccc2c2nc3ccc(Br)cc3cc21. The van der Waals surface area contributed by atoms with Gasteiger partial charge in [0.15, 0.2) is 0 Å². The minimum atomic E-state index is 1.03. The molecule has 3 heteroatoms. The van der Waals surface area contributed by atoms with Gasteiger partial charge in [0.2, 0.25) is 0 Å². The summed E-state index contributed by atoms with van der Waals surface area (Å²) in [5.74, 6) is 0. The Kier molecular flexibility index (Phi) is 2.21. The van der Waals surface area contributed by atoms with E-state index >= 15 is 0 Å². The Morgan fingerprint density at radius 3 is 2.74 bits per heavy atom. The summed E-state index contributed by atoms with van der Waals surface area (Å²) in [5, 5.41) is 2.37. The van der Waals surface area contributed by atoms with Crippen molar-refractivity contribution >= 4 is 48.8 Å². The largest absolute Gasteiger partial charge is 0.342 e. The van der Waals surface area contributed by atoms with Crippen LogP contribution in [0.15, 0.2) is 53.0 Å². The van der Waals surface area contributed by atoms with E-state index in [2.05, 4.69) is 70.0 Å². The van der Waals surface area contributed by atoms with E-state index in [1.54, 1.807) is 0 Å². The number of halogens is 1. The zero-order chi connectivity index (χ0) is 13.0. The summed E-state index contributed by atoms with van der Waals surface area (Å²) >= 11 is 3.52. The summed E-state index contributed by atoms with van der Waals surface area (Å²) in [4.78, 5) is 4.83. The van der Waals surface area contributed by atoms with E-state index in [4.69, 9.17) is 4.98 Å². The maximum absolute atomic E-state index is 4.83. The highest BCUT2D eigenvalue weighted by Gasteiger charge is 2.10. The van der Waals surface area contributed by atoms with Crippen LogP contribution in [0, 0.1) is 0 Å². The molecule has 0 aliphatic rings. The van der Waals surface area contributed by atoms with Gasteiger partial charge in [-0.05, 0) is 30.3 Å². The number of pyridine rings is 1. The summed E-state index contributed by atoms with van der Waals surface area (Å²) in [6.45, 7) is 0. The molecule has 4 aromatic rings. The first-order valence-electron chi connectivity index (χ1n) is 6.17. The van der Waals surface area contributed by atoms with E-state index in [0.29, 0.717) is 0 Å². The van der Waals surface area contributed by atoms with Gasteiger partial charge in [0.1, 0.15) is 0 Å². The molecule has 0 fully saturated rings. The number of hydrogen-bond donors (Lipinski definition) is 0. The Morgan fingerprint density at radius 1 is 1.00 bits per heavy atom. The lowest BCUT2D eigenvalue weighted by Gasteiger charge is -2.01. The number of benzene rings is 2. The smallest absolute Gasteiger partial charge is 0.0967 e. The van der Waals surface area contributed by atoms with Crippen LogP contribution in [0.25, 0.3) is 32.8 Å². The van der Waals surface area contributed by atoms with Crippen LogP contribution in [0.4, 0.5) is 0 Å². The number of rotatable bonds is 0. The molecule has 0 bridgehead atoms. The van der Waals surface area contributed by atoms with Crippen molar-refractivity contribution < 1.29 is 0 Å². The molecular formula is C16H11BrN2. The first-order chi connectivity index (χ1) is 9.24. The molecule has 0 amide bonds. The third-order valence-corrected chi connectivity index (χ3v) is 4.13. The second-order valence-electron chi connectivity index (χ2n) is 4.77. The van der Waals surface area contributed by atoms with E-state index in [1.807, 2.05) is 6.07 Å². The number of fused-ring (bicyclic) bond motifs is 4. The molecule has 19 heavy (non-hydrogen) atoms. The van der Waals surface area contributed by atoms with Gasteiger partial charge in [0.05, 0.1) is 22.1 Å². The fourth-order valence-corrected chi connectivity index (χ4v) is 3.06. The van der Waals surface area contributed by atoms with Crippen molar-refractivity contribution in [2.75, 3.05) is 0 Å². The van der Waals surface area contributed by atoms with Crippen LogP contribution in [-0.4, -0.2) is 9.55 Å². The van der Waals surface area contributed by atoms with Crippen LogP contribution >= 0.6 is 15.9 Å². The molecule has 4 rings (SSSR count). The molecule has 0 unspecified atom stereocenters. The monoisotopic (exact) mass is 310 g/mol. The van der Waals surface area contributed by atoms with E-state index in [9.17, 15) is 0 Å². The standard InChI is InChI=1S/C16H11BrN2/c1-19-14-5-3-2-4-12(14)16-15(19)9-10-8-11(17)6-7-13(10)18-16/h2-9H,1H3. The van der Waals surface area contributed by atoms with Gasteiger partial charge >= 0.3 is 0 Å². The average molecular weight is 311 g/mol. The van der Waals surface area contributed by atoms with Gasteiger partial charge in [0.25, 0.3) is 0 Å². The molecule has 0 saturated heterocycles. The molecule has 92 valence electrons. The van der Waals surface area contributed by atoms with Crippen LogP contribution in [0.2, 0.25) is 0 Å². The number of aromatic nitrogens is 2. The highest BCUT2D eigenvalue weighted by atomic mass is 79.9. The molecule has 0 N–H and O–H groups in total. The third kappa shape index (κ3) is 1.51. The van der Waals surface area contributed by atoms with Crippen molar-refractivity contribution in [3.05, 3.63) is 53.0 Å². The van der Waals surface area contributed by atoms with E-state index in [1.165, 1.54) is 16.4 Å². The van der Waals surface area contributed by atoms with Gasteiger partial charge in [-0.3, -0.25) is 0 Å². The second-order valence-corrected chi connectivity index (χ2v) is 5.68. The minimum absolute atomic E-state index is 1.03. The Labute approximate surface area is 118 Å². The van der Waals surface area contributed by atoms with Crippen LogP contribution in [-0.2, 0) is 7.05 Å². The highest BCUT2D eigenvalue weighted by molar-refractivity contribution is 9.10. The quantitative estimate of drug-likeness (QED) is 0.462. The molecule has 0 aliphatic heterocycles. The van der Waals surface area contributed by atoms with Crippen molar-refractivity contribution in [3.63, 3.8) is 0 Å². The van der Waals surface area contributed by atoms with Gasteiger partial charge in [-0.1, -0.05) is 34.1 Å². The number of para-hydroxylation sites is 1. The van der Waals surface area contributed by atoms with Gasteiger partial charge in [0, 0.05) is 22.3 Å². The molecule has 2 aromatic carbocycles. The Morgan fingerprint density at radius 2 is 1.84 bits per heavy atom. The van der Waals surface area contributed by atoms with Gasteiger partial charge in [-0.25, -0.2) is 4.98 Å². The van der Waals surface area contributed by atoms with Gasteiger partial charge in [-0.15, -0.1) is 0 Å². The van der Waals surface area contributed by atoms with Crippen LogP contribution < -0.4 is 0 Å². The number of hydrogen-bond acceptors (Lipinski definition) is 1. The molecular weight excluding hydrogens is 300 g/mol. The Bertz CT molecular complexity index is 938. The molecule has 0 saturated carbocycles. The second kappa shape index (κ2) is 3.81. The fourth-order valence-electron chi connectivity index (χ4n) is 2.69. The maximum atomic E-state index is 4.83. The number of aryl methyl sites for hydroxylation is 1. The molecule has 0 spiro atoms. The van der Waals surface area contributed by atoms with Crippen LogP contribution in [0.5, 0.6) is 0 Å². The number of nitrogens with zero attached hydrogens (tertiary/aromatic N) is 2. The average Bonchev–Trinajstić information content (AvgIpc) is 2.70. The van der Waals surface area contributed by atoms with E-state index in [0.717, 1.165) is 20.9 Å². The van der Waals surface area contributed by atoms with Crippen LogP contribution in [0.1, 0.15) is 0 Å². The van der Waals surface area contributed by atoms with Crippen molar-refractivity contribution in [2.45, 2.75) is 0 Å². The van der Waals surface area contributed by atoms with Crippen molar-refractivity contribution in [1.29, 1.82) is 0 Å². The topological polar surface area (TPSA) is 17.8 Å². The summed E-state index contributed by atoms with van der Waals surface area (Å²) in [6.07, 6.45) is 0. The molecule has 0 radical (unpaired) electrons. The van der Waals surface area contributed by atoms with E-state index < -0.39 is 0 Å². The minimum Gasteiger partial charge on any atom is -0.342 e. The first kappa shape index (κ1) is 11.0. The van der Waals surface area contributed by atoms with Crippen molar-refractivity contribution in [1.82, 2.24) is 9.55 Å². The van der Waals surface area contributed by atoms with Crippen molar-refractivity contribution in [3.8, 4) is 0 Å². The predicted molar refractivity (Wildman–Crippen MR) is 83.4 cm³/mol. The Balaban J connectivity index is 2.28. The Hall–Kier alpha value is -1.87. The third-order valence-electron chi connectivity index (χ3n) is 3.64. The van der Waals surface area contributed by atoms with E-state index in [-0.39, 0.29) is 0 Å². The first-order valence-corrected chi connectivity index (χ1v) is 6.97. The maximum Gasteiger partial charge on any atom is 0.0967 e. The zero-order valence-corrected chi connectivity index (χ0v) is 12.0. The van der Waals surface area contributed by atoms with Crippen molar-refractivity contribution in [2.24, 2.45) is 7.05 Å². The fraction of sp³-hybridized carbons (Fsp3) is 0.0625. The van der Waals surface area contributed by atoms with Gasteiger partial charge in [-0.2, -0.15) is 0 Å². The normalized spacial score (nSPS) is 11.7. The molecule has 0 aliphatic carbocycles. The molecule has 2 nitrogen and oxygen atoms in total. The summed E-state index contributed by atoms with van der Waals surface area (Å²) in [7, 11) is 2.09. The lowest BCUT2D eigenvalue weighted by Crippen LogP contribution is -1.87. The summed E-state index contributed by atoms with van der Waals surface area (Å²) in [6, 6.07) is 16.8. The summed E-state index contributed by atoms with van der Waals surface area (Å²) < 4.78 is 3.29. The molecule has 2 aromatic heterocycles. The predicted octanol–water partition coefficient (Wildman–Crippen LogP) is 4.64. The lowest BCUT2D eigenvalue weighted by atomic mass is 10.2. The highest BCUT2D eigenvalue weighted by Crippen LogP contribution is 2.29. The lowest BCUT2D eigenvalue weighted by molar-refractivity contribution is 1.01.